The molecule has 0 spiro atoms. The minimum absolute atomic E-state index is 0.145. The summed E-state index contributed by atoms with van der Waals surface area (Å²) < 4.78 is 11.0. The van der Waals surface area contributed by atoms with Crippen LogP contribution >= 0.6 is 0 Å². The van der Waals surface area contributed by atoms with Crippen molar-refractivity contribution in [2.45, 2.75) is 26.4 Å². The van der Waals surface area contributed by atoms with Crippen LogP contribution in [0.5, 0.6) is 5.75 Å². The third kappa shape index (κ3) is 3.92. The Kier molecular flexibility index (Phi) is 5.04. The summed E-state index contributed by atoms with van der Waals surface area (Å²) in [7, 11) is 0. The van der Waals surface area contributed by atoms with Crippen molar-refractivity contribution in [3.8, 4) is 11.8 Å². The Bertz CT molecular complexity index is 950. The number of rotatable bonds is 6. The summed E-state index contributed by atoms with van der Waals surface area (Å²) in [4.78, 5) is 12.4. The second-order valence-electron chi connectivity index (χ2n) is 6.02. The molecular weight excluding hydrogens is 332 g/mol. The van der Waals surface area contributed by atoms with Gasteiger partial charge < -0.3 is 14.5 Å². The van der Waals surface area contributed by atoms with Gasteiger partial charge in [-0.15, -0.1) is 0 Å². The Morgan fingerprint density at radius 2 is 2.23 bits per heavy atom. The summed E-state index contributed by atoms with van der Waals surface area (Å²) in [5.41, 5.74) is 2.04. The van der Waals surface area contributed by atoms with Crippen LogP contribution in [0.4, 0.5) is 5.82 Å². The van der Waals surface area contributed by atoms with Crippen molar-refractivity contribution in [2.75, 3.05) is 5.32 Å². The summed E-state index contributed by atoms with van der Waals surface area (Å²) >= 11 is 0. The number of aromatic amines is 1. The molecular formula is C19H18N4O3. The predicted molar refractivity (Wildman–Crippen MR) is 94.8 cm³/mol. The van der Waals surface area contributed by atoms with Crippen LogP contribution in [-0.4, -0.2) is 16.1 Å². The molecule has 1 amide bonds. The van der Waals surface area contributed by atoms with E-state index in [9.17, 15) is 4.79 Å². The molecule has 1 aromatic carbocycles. The summed E-state index contributed by atoms with van der Waals surface area (Å²) in [6, 6.07) is 12.3. The summed E-state index contributed by atoms with van der Waals surface area (Å²) in [5.74, 6) is 1.02. The summed E-state index contributed by atoms with van der Waals surface area (Å²) in [6.07, 6.45) is 1.43. The first-order valence-electron chi connectivity index (χ1n) is 8.13. The second-order valence-corrected chi connectivity index (χ2v) is 6.02. The molecule has 0 aliphatic heterocycles. The number of H-pyrrole nitrogens is 1. The molecule has 2 heterocycles. The molecule has 0 saturated carbocycles. The van der Waals surface area contributed by atoms with Crippen molar-refractivity contribution >= 4 is 11.7 Å². The highest BCUT2D eigenvalue weighted by Gasteiger charge is 2.17. The zero-order chi connectivity index (χ0) is 18.5. The monoisotopic (exact) mass is 350 g/mol. The molecule has 0 radical (unpaired) electrons. The van der Waals surface area contributed by atoms with E-state index in [2.05, 4.69) is 21.6 Å². The van der Waals surface area contributed by atoms with Gasteiger partial charge >= 0.3 is 0 Å². The van der Waals surface area contributed by atoms with Crippen molar-refractivity contribution in [1.29, 1.82) is 5.26 Å². The van der Waals surface area contributed by atoms with Crippen LogP contribution < -0.4 is 10.1 Å². The van der Waals surface area contributed by atoms with Gasteiger partial charge in [0.25, 0.3) is 5.91 Å². The van der Waals surface area contributed by atoms with E-state index in [4.69, 9.17) is 14.4 Å². The predicted octanol–water partition coefficient (Wildman–Crippen LogP) is 3.83. The first kappa shape index (κ1) is 17.3. The van der Waals surface area contributed by atoms with E-state index in [-0.39, 0.29) is 18.3 Å². The van der Waals surface area contributed by atoms with Gasteiger partial charge in [0.05, 0.1) is 17.9 Å². The molecule has 0 saturated heterocycles. The first-order chi connectivity index (χ1) is 12.6. The molecule has 0 atom stereocenters. The van der Waals surface area contributed by atoms with E-state index in [1.807, 2.05) is 13.8 Å². The zero-order valence-corrected chi connectivity index (χ0v) is 14.4. The number of hydrogen-bond acceptors (Lipinski definition) is 5. The van der Waals surface area contributed by atoms with Crippen molar-refractivity contribution in [1.82, 2.24) is 10.2 Å². The van der Waals surface area contributed by atoms with E-state index in [1.165, 1.54) is 6.26 Å². The van der Waals surface area contributed by atoms with Gasteiger partial charge in [0.15, 0.2) is 11.6 Å². The summed E-state index contributed by atoms with van der Waals surface area (Å²) in [6.45, 7) is 4.21. The van der Waals surface area contributed by atoms with E-state index in [0.717, 1.165) is 5.69 Å². The fraction of sp³-hybridized carbons (Fsp3) is 0.211. The Balaban J connectivity index is 1.67. The van der Waals surface area contributed by atoms with E-state index >= 15 is 0 Å². The molecule has 2 aromatic heterocycles. The fourth-order valence-electron chi connectivity index (χ4n) is 2.33. The van der Waals surface area contributed by atoms with Crippen LogP contribution in [0.3, 0.4) is 0 Å². The smallest absolute Gasteiger partial charge is 0.292 e. The number of hydrogen-bond donors (Lipinski definition) is 2. The maximum atomic E-state index is 12.4. The lowest BCUT2D eigenvalue weighted by atomic mass is 10.1. The second kappa shape index (κ2) is 7.57. The van der Waals surface area contributed by atoms with Gasteiger partial charge in [-0.25, -0.2) is 0 Å². The van der Waals surface area contributed by atoms with Crippen LogP contribution in [0.1, 0.15) is 47.1 Å². The Hall–Kier alpha value is -3.53. The SMILES string of the molecule is CC(C)c1cc(NC(=O)c2occc2COc2cccc(C#N)c2)n[nH]1. The number of ether oxygens (including phenoxy) is 1. The van der Waals surface area contributed by atoms with Gasteiger partial charge in [-0.05, 0) is 30.2 Å². The molecule has 3 aromatic rings. The van der Waals surface area contributed by atoms with E-state index < -0.39 is 5.91 Å². The number of carbonyl (C=O) groups excluding carboxylic acids is 1. The number of nitrogens with one attached hydrogen (secondary N) is 2. The quantitative estimate of drug-likeness (QED) is 0.703. The number of aromatic nitrogens is 2. The average molecular weight is 350 g/mol. The number of benzene rings is 1. The zero-order valence-electron chi connectivity index (χ0n) is 14.4. The first-order valence-corrected chi connectivity index (χ1v) is 8.13. The standard InChI is InChI=1S/C19H18N4O3/c1-12(2)16-9-17(23-22-16)21-19(24)18-14(6-7-25-18)11-26-15-5-3-4-13(8-15)10-20/h3-9,12H,11H2,1-2H3,(H2,21,22,23,24). The molecule has 0 fully saturated rings. The highest BCUT2D eigenvalue weighted by molar-refractivity contribution is 6.02. The number of carbonyl (C=O) groups is 1. The van der Waals surface area contributed by atoms with E-state index in [1.54, 1.807) is 36.4 Å². The molecule has 7 heteroatoms. The third-order valence-corrected chi connectivity index (χ3v) is 3.77. The lowest BCUT2D eigenvalue weighted by Crippen LogP contribution is -2.14. The van der Waals surface area contributed by atoms with Gasteiger partial charge in [-0.2, -0.15) is 10.4 Å². The highest BCUT2D eigenvalue weighted by Crippen LogP contribution is 2.19. The molecule has 0 aliphatic rings. The Morgan fingerprint density at radius 3 is 2.96 bits per heavy atom. The number of nitriles is 1. The lowest BCUT2D eigenvalue weighted by molar-refractivity contribution is 0.0993. The maximum absolute atomic E-state index is 12.4. The number of nitrogens with zero attached hydrogens (tertiary/aromatic N) is 2. The van der Waals surface area contributed by atoms with Crippen LogP contribution in [0.15, 0.2) is 47.1 Å². The minimum Gasteiger partial charge on any atom is -0.489 e. The van der Waals surface area contributed by atoms with Crippen LogP contribution in [0.2, 0.25) is 0 Å². The van der Waals surface area contributed by atoms with Gasteiger partial charge in [0, 0.05) is 17.3 Å². The van der Waals surface area contributed by atoms with Crippen LogP contribution in [0.25, 0.3) is 0 Å². The molecule has 0 unspecified atom stereocenters. The van der Waals surface area contributed by atoms with Gasteiger partial charge in [-0.3, -0.25) is 9.89 Å². The lowest BCUT2D eigenvalue weighted by Gasteiger charge is -2.06. The van der Waals surface area contributed by atoms with E-state index in [0.29, 0.717) is 22.7 Å². The number of anilines is 1. The topological polar surface area (TPSA) is 104 Å². The molecule has 132 valence electrons. The molecule has 0 bridgehead atoms. The Morgan fingerprint density at radius 1 is 1.38 bits per heavy atom. The highest BCUT2D eigenvalue weighted by atomic mass is 16.5. The molecule has 0 aliphatic carbocycles. The molecule has 2 N–H and O–H groups in total. The normalized spacial score (nSPS) is 10.5. The maximum Gasteiger partial charge on any atom is 0.292 e. The van der Waals surface area contributed by atoms with Gasteiger partial charge in [0.2, 0.25) is 0 Å². The van der Waals surface area contributed by atoms with Crippen molar-refractivity contribution < 1.29 is 13.9 Å². The fourth-order valence-corrected chi connectivity index (χ4v) is 2.33. The minimum atomic E-state index is -0.402. The third-order valence-electron chi connectivity index (χ3n) is 3.77. The van der Waals surface area contributed by atoms with Crippen LogP contribution in [0, 0.1) is 11.3 Å². The average Bonchev–Trinajstić information content (AvgIpc) is 3.29. The van der Waals surface area contributed by atoms with Crippen molar-refractivity contribution in [3.63, 3.8) is 0 Å². The Labute approximate surface area is 150 Å². The summed E-state index contributed by atoms with van der Waals surface area (Å²) in [5, 5.41) is 18.6. The van der Waals surface area contributed by atoms with Crippen molar-refractivity contribution in [3.05, 3.63) is 65.2 Å². The molecule has 3 rings (SSSR count). The molecule has 7 nitrogen and oxygen atoms in total. The largest absolute Gasteiger partial charge is 0.489 e. The van der Waals surface area contributed by atoms with Crippen LogP contribution in [-0.2, 0) is 6.61 Å². The van der Waals surface area contributed by atoms with Crippen molar-refractivity contribution in [2.24, 2.45) is 0 Å². The molecule has 26 heavy (non-hydrogen) atoms. The van der Waals surface area contributed by atoms with Gasteiger partial charge in [-0.1, -0.05) is 19.9 Å². The number of furan rings is 1. The van der Waals surface area contributed by atoms with Gasteiger partial charge in [0.1, 0.15) is 12.4 Å². The number of amides is 1.